The van der Waals surface area contributed by atoms with Gasteiger partial charge in [0.25, 0.3) is 0 Å². The molecule has 0 aliphatic heterocycles. The smallest absolute Gasteiger partial charge is 0.328 e. The maximum absolute atomic E-state index is 11.1. The zero-order valence-corrected chi connectivity index (χ0v) is 19.3. The van der Waals surface area contributed by atoms with Crippen LogP contribution in [-0.4, -0.2) is 17.7 Å². The van der Waals surface area contributed by atoms with Crippen LogP contribution in [0, 0.1) is 0 Å². The van der Waals surface area contributed by atoms with Crippen molar-refractivity contribution in [2.24, 2.45) is 0 Å². The number of para-hydroxylation sites is 1. The summed E-state index contributed by atoms with van der Waals surface area (Å²) in [5.41, 5.74) is 5.76. The third-order valence-corrected chi connectivity index (χ3v) is 5.44. The monoisotopic (exact) mass is 420 g/mol. The number of aliphatic carboxylic acids is 1. The lowest BCUT2D eigenvalue weighted by Crippen LogP contribution is -2.04. The highest BCUT2D eigenvalue weighted by molar-refractivity contribution is 5.97. The van der Waals surface area contributed by atoms with Crippen LogP contribution in [0.4, 0.5) is 0 Å². The van der Waals surface area contributed by atoms with E-state index in [9.17, 15) is 4.79 Å². The van der Waals surface area contributed by atoms with Gasteiger partial charge in [-0.3, -0.25) is 0 Å². The van der Waals surface area contributed by atoms with Gasteiger partial charge in [0.2, 0.25) is 0 Å². The van der Waals surface area contributed by atoms with Gasteiger partial charge in [-0.2, -0.15) is 0 Å². The molecule has 1 heterocycles. The molecule has 3 aromatic rings. The Morgan fingerprint density at radius 2 is 1.84 bits per heavy atom. The summed E-state index contributed by atoms with van der Waals surface area (Å²) in [4.78, 5) is 11.1. The Morgan fingerprint density at radius 1 is 1.10 bits per heavy atom. The van der Waals surface area contributed by atoms with Crippen LogP contribution in [0.2, 0.25) is 0 Å². The van der Waals surface area contributed by atoms with E-state index in [2.05, 4.69) is 46.8 Å². The lowest BCUT2D eigenvalue weighted by Gasteiger charge is -2.21. The van der Waals surface area contributed by atoms with E-state index in [4.69, 9.17) is 14.3 Å². The van der Waals surface area contributed by atoms with Crippen LogP contribution in [0.3, 0.4) is 0 Å². The summed E-state index contributed by atoms with van der Waals surface area (Å²) < 4.78 is 12.5. The van der Waals surface area contributed by atoms with Gasteiger partial charge in [0.15, 0.2) is 0 Å². The van der Waals surface area contributed by atoms with Gasteiger partial charge in [-0.05, 0) is 54.0 Å². The number of furan rings is 1. The minimum atomic E-state index is -0.986. The van der Waals surface area contributed by atoms with Gasteiger partial charge in [0.1, 0.15) is 17.1 Å². The molecule has 0 fully saturated rings. The standard InChI is InChI=1S/C27H32O4/c1-7-11-30-27-22(17(4)5)13-20(16(2)3)14-23(27)21-10-8-9-19-15-24(31-26(19)21)18(6)12-25(28)29/h8-10,12-17H,7,11H2,1-6H3,(H,28,29)/b18-12-. The number of carboxylic acid groups (broad SMARTS) is 1. The molecule has 0 aliphatic carbocycles. The summed E-state index contributed by atoms with van der Waals surface area (Å²) in [6.07, 6.45) is 2.10. The molecule has 1 aromatic heterocycles. The Hall–Kier alpha value is -3.01. The number of carboxylic acids is 1. The van der Waals surface area contributed by atoms with Gasteiger partial charge in [-0.1, -0.05) is 58.9 Å². The van der Waals surface area contributed by atoms with E-state index in [1.165, 1.54) is 17.2 Å². The Morgan fingerprint density at radius 3 is 2.45 bits per heavy atom. The van der Waals surface area contributed by atoms with Crippen molar-refractivity contribution in [3.8, 4) is 16.9 Å². The fourth-order valence-corrected chi connectivity index (χ4v) is 3.73. The average molecular weight is 421 g/mol. The lowest BCUT2D eigenvalue weighted by atomic mass is 9.89. The highest BCUT2D eigenvalue weighted by Crippen LogP contribution is 2.43. The second-order valence-corrected chi connectivity index (χ2v) is 8.64. The van der Waals surface area contributed by atoms with E-state index in [1.807, 2.05) is 24.3 Å². The predicted octanol–water partition coefficient (Wildman–Crippen LogP) is 7.62. The summed E-state index contributed by atoms with van der Waals surface area (Å²) in [5.74, 6) is 1.18. The molecule has 0 spiro atoms. The van der Waals surface area contributed by atoms with Crippen LogP contribution in [0.1, 0.15) is 76.7 Å². The summed E-state index contributed by atoms with van der Waals surface area (Å²) >= 11 is 0. The minimum Gasteiger partial charge on any atom is -0.493 e. The number of allylic oxidation sites excluding steroid dienone is 1. The zero-order valence-electron chi connectivity index (χ0n) is 19.3. The van der Waals surface area contributed by atoms with Crippen LogP contribution in [-0.2, 0) is 4.79 Å². The van der Waals surface area contributed by atoms with E-state index in [1.54, 1.807) is 6.92 Å². The van der Waals surface area contributed by atoms with Gasteiger partial charge in [0.05, 0.1) is 6.61 Å². The number of benzene rings is 2. The summed E-state index contributed by atoms with van der Waals surface area (Å²) in [6, 6.07) is 12.4. The van der Waals surface area contributed by atoms with E-state index >= 15 is 0 Å². The third-order valence-electron chi connectivity index (χ3n) is 5.44. The fourth-order valence-electron chi connectivity index (χ4n) is 3.73. The largest absolute Gasteiger partial charge is 0.493 e. The first-order chi connectivity index (χ1) is 14.7. The van der Waals surface area contributed by atoms with E-state index < -0.39 is 5.97 Å². The second kappa shape index (κ2) is 9.42. The SMILES string of the molecule is CCCOc1c(-c2cccc3cc(/C(C)=C\C(=O)O)oc23)cc(C(C)C)cc1C(C)C. The molecular formula is C27H32O4. The Bertz CT molecular complexity index is 1120. The number of carbonyl (C=O) groups is 1. The molecule has 0 saturated carbocycles. The summed E-state index contributed by atoms with van der Waals surface area (Å²) in [5, 5.41) is 10.0. The van der Waals surface area contributed by atoms with Crippen molar-refractivity contribution in [2.75, 3.05) is 6.61 Å². The first-order valence-electron chi connectivity index (χ1n) is 11.0. The molecule has 3 rings (SSSR count). The first-order valence-corrected chi connectivity index (χ1v) is 11.0. The van der Waals surface area contributed by atoms with Gasteiger partial charge >= 0.3 is 5.97 Å². The lowest BCUT2D eigenvalue weighted by molar-refractivity contribution is -0.131. The molecular weight excluding hydrogens is 388 g/mol. The van der Waals surface area contributed by atoms with Crippen molar-refractivity contribution in [3.05, 3.63) is 59.4 Å². The highest BCUT2D eigenvalue weighted by Gasteiger charge is 2.21. The molecule has 31 heavy (non-hydrogen) atoms. The first kappa shape index (κ1) is 22.7. The molecule has 1 N–H and O–H groups in total. The number of hydrogen-bond donors (Lipinski definition) is 1. The van der Waals surface area contributed by atoms with Crippen molar-refractivity contribution >= 4 is 22.5 Å². The van der Waals surface area contributed by atoms with Crippen molar-refractivity contribution in [1.82, 2.24) is 0 Å². The van der Waals surface area contributed by atoms with Crippen LogP contribution in [0.5, 0.6) is 5.75 Å². The molecule has 0 saturated heterocycles. The van der Waals surface area contributed by atoms with Crippen molar-refractivity contribution in [2.45, 2.75) is 59.8 Å². The van der Waals surface area contributed by atoms with Gasteiger partial charge in [-0.15, -0.1) is 0 Å². The fraction of sp³-hybridized carbons (Fsp3) is 0.370. The Balaban J connectivity index is 2.30. The number of rotatable bonds is 8. The molecule has 0 atom stereocenters. The van der Waals surface area contributed by atoms with Crippen LogP contribution < -0.4 is 4.74 Å². The Labute approximate surface area is 184 Å². The molecule has 2 aromatic carbocycles. The van der Waals surface area contributed by atoms with E-state index in [0.717, 1.165) is 34.3 Å². The van der Waals surface area contributed by atoms with E-state index in [0.29, 0.717) is 29.8 Å². The number of ether oxygens (including phenoxy) is 1. The van der Waals surface area contributed by atoms with Gasteiger partial charge < -0.3 is 14.3 Å². The molecule has 0 aliphatic rings. The molecule has 0 unspecified atom stereocenters. The molecule has 4 nitrogen and oxygen atoms in total. The third kappa shape index (κ3) is 4.84. The molecule has 4 heteroatoms. The summed E-state index contributed by atoms with van der Waals surface area (Å²) in [7, 11) is 0. The van der Waals surface area contributed by atoms with Gasteiger partial charge in [-0.25, -0.2) is 4.79 Å². The average Bonchev–Trinajstić information content (AvgIpc) is 3.15. The van der Waals surface area contributed by atoms with Gasteiger partial charge in [0, 0.05) is 22.6 Å². The van der Waals surface area contributed by atoms with Crippen LogP contribution in [0.15, 0.2) is 46.9 Å². The molecule has 0 radical (unpaired) electrons. The molecule has 164 valence electrons. The normalized spacial score (nSPS) is 12.2. The maximum atomic E-state index is 11.1. The van der Waals surface area contributed by atoms with Crippen LogP contribution >= 0.6 is 0 Å². The number of hydrogen-bond acceptors (Lipinski definition) is 3. The molecule has 0 amide bonds. The maximum Gasteiger partial charge on any atom is 0.328 e. The zero-order chi connectivity index (χ0) is 22.7. The van der Waals surface area contributed by atoms with Crippen molar-refractivity contribution in [1.29, 1.82) is 0 Å². The topological polar surface area (TPSA) is 59.7 Å². The highest BCUT2D eigenvalue weighted by atomic mass is 16.5. The predicted molar refractivity (Wildman–Crippen MR) is 127 cm³/mol. The van der Waals surface area contributed by atoms with E-state index in [-0.39, 0.29) is 0 Å². The quantitative estimate of drug-likeness (QED) is 0.381. The number of fused-ring (bicyclic) bond motifs is 1. The van der Waals surface area contributed by atoms with Crippen molar-refractivity contribution < 1.29 is 19.1 Å². The van der Waals surface area contributed by atoms with Crippen molar-refractivity contribution in [3.63, 3.8) is 0 Å². The summed E-state index contributed by atoms with van der Waals surface area (Å²) in [6.45, 7) is 13.3. The Kier molecular flexibility index (Phi) is 6.89. The minimum absolute atomic E-state index is 0.316. The second-order valence-electron chi connectivity index (χ2n) is 8.64. The van der Waals surface area contributed by atoms with Crippen LogP contribution in [0.25, 0.3) is 27.7 Å². The molecule has 0 bridgehead atoms.